The van der Waals surface area contributed by atoms with E-state index < -0.39 is 0 Å². The number of rotatable bonds is 5. The van der Waals surface area contributed by atoms with Gasteiger partial charge in [-0.05, 0) is 55.5 Å². The normalized spacial score (nSPS) is 10.4. The van der Waals surface area contributed by atoms with Crippen molar-refractivity contribution < 1.29 is 0 Å². The van der Waals surface area contributed by atoms with Crippen LogP contribution >= 0.6 is 12.2 Å². The van der Waals surface area contributed by atoms with Gasteiger partial charge in [-0.3, -0.25) is 0 Å². The van der Waals surface area contributed by atoms with Crippen molar-refractivity contribution >= 4 is 51.5 Å². The minimum absolute atomic E-state index is 0.380. The monoisotopic (exact) mass is 367 g/mol. The third-order valence-corrected chi connectivity index (χ3v) is 3.90. The summed E-state index contributed by atoms with van der Waals surface area (Å²) in [5, 5.41) is 12.7. The summed E-state index contributed by atoms with van der Waals surface area (Å²) < 4.78 is 0. The second-order valence-corrected chi connectivity index (χ2v) is 5.85. The number of thiocarbonyl (C=S) groups is 1. The van der Waals surface area contributed by atoms with Gasteiger partial charge in [-0.25, -0.2) is 15.0 Å². The summed E-state index contributed by atoms with van der Waals surface area (Å²) >= 11 is 5.16. The minimum atomic E-state index is 0.380. The first-order chi connectivity index (χ1) is 12.6. The molecule has 3 rings (SSSR count). The number of pyridine rings is 1. The van der Waals surface area contributed by atoms with E-state index in [0.717, 1.165) is 17.8 Å². The van der Waals surface area contributed by atoms with Crippen LogP contribution in [-0.4, -0.2) is 26.6 Å². The highest BCUT2D eigenvalue weighted by molar-refractivity contribution is 7.80. The zero-order valence-electron chi connectivity index (χ0n) is 14.3. The van der Waals surface area contributed by atoms with Crippen molar-refractivity contribution in [2.75, 3.05) is 17.2 Å². The SMILES string of the molecule is CCNC(=S)Nc1ccc2ncc(Nc3cccc(N=O)c3C)nc2n1. The summed E-state index contributed by atoms with van der Waals surface area (Å²) in [7, 11) is 0. The van der Waals surface area contributed by atoms with Crippen molar-refractivity contribution in [2.45, 2.75) is 13.8 Å². The van der Waals surface area contributed by atoms with Crippen molar-refractivity contribution in [3.63, 3.8) is 0 Å². The van der Waals surface area contributed by atoms with Crippen LogP contribution < -0.4 is 16.0 Å². The molecular weight excluding hydrogens is 350 g/mol. The lowest BCUT2D eigenvalue weighted by atomic mass is 10.1. The molecule has 0 atom stereocenters. The van der Waals surface area contributed by atoms with Crippen LogP contribution in [0, 0.1) is 11.8 Å². The Morgan fingerprint density at radius 2 is 2.00 bits per heavy atom. The summed E-state index contributed by atoms with van der Waals surface area (Å²) in [6.45, 7) is 4.50. The number of anilines is 3. The summed E-state index contributed by atoms with van der Waals surface area (Å²) in [6, 6.07) is 8.86. The Morgan fingerprint density at radius 1 is 1.19 bits per heavy atom. The molecule has 132 valence electrons. The van der Waals surface area contributed by atoms with Crippen molar-refractivity contribution in [1.82, 2.24) is 20.3 Å². The molecule has 9 heteroatoms. The fraction of sp³-hybridized carbons (Fsp3) is 0.176. The van der Waals surface area contributed by atoms with E-state index in [-0.39, 0.29) is 0 Å². The van der Waals surface area contributed by atoms with Gasteiger partial charge in [-0.15, -0.1) is 4.91 Å². The first-order valence-corrected chi connectivity index (χ1v) is 8.40. The van der Waals surface area contributed by atoms with Gasteiger partial charge in [-0.1, -0.05) is 6.07 Å². The number of hydrogen-bond acceptors (Lipinski definition) is 7. The van der Waals surface area contributed by atoms with E-state index in [0.29, 0.717) is 33.6 Å². The molecule has 0 aliphatic heterocycles. The molecule has 26 heavy (non-hydrogen) atoms. The largest absolute Gasteiger partial charge is 0.363 e. The fourth-order valence-electron chi connectivity index (χ4n) is 2.34. The molecule has 0 saturated carbocycles. The number of nitrogens with one attached hydrogen (secondary N) is 3. The van der Waals surface area contributed by atoms with Gasteiger partial charge in [0.05, 0.1) is 6.20 Å². The maximum Gasteiger partial charge on any atom is 0.182 e. The Morgan fingerprint density at radius 3 is 2.77 bits per heavy atom. The lowest BCUT2D eigenvalue weighted by Gasteiger charge is -2.11. The molecule has 0 amide bonds. The molecule has 0 radical (unpaired) electrons. The van der Waals surface area contributed by atoms with Gasteiger partial charge in [-0.2, -0.15) is 0 Å². The lowest BCUT2D eigenvalue weighted by molar-refractivity contribution is 0.978. The topological polar surface area (TPSA) is 104 Å². The van der Waals surface area contributed by atoms with Crippen LogP contribution in [0.2, 0.25) is 0 Å². The summed E-state index contributed by atoms with van der Waals surface area (Å²) in [6.07, 6.45) is 1.61. The maximum atomic E-state index is 10.8. The number of benzene rings is 1. The zero-order chi connectivity index (χ0) is 18.5. The second-order valence-electron chi connectivity index (χ2n) is 5.44. The quantitative estimate of drug-likeness (QED) is 0.462. The molecule has 8 nitrogen and oxygen atoms in total. The van der Waals surface area contributed by atoms with E-state index in [2.05, 4.69) is 36.1 Å². The van der Waals surface area contributed by atoms with Crippen molar-refractivity contribution in [3.8, 4) is 0 Å². The first-order valence-electron chi connectivity index (χ1n) is 7.99. The summed E-state index contributed by atoms with van der Waals surface area (Å²) in [4.78, 5) is 24.1. The van der Waals surface area contributed by atoms with Gasteiger partial charge in [0.2, 0.25) is 0 Å². The lowest BCUT2D eigenvalue weighted by Crippen LogP contribution is -2.28. The second kappa shape index (κ2) is 7.79. The van der Waals surface area contributed by atoms with E-state index >= 15 is 0 Å². The molecule has 0 saturated heterocycles. The Bertz CT molecular complexity index is 976. The number of fused-ring (bicyclic) bond motifs is 1. The predicted octanol–water partition coefficient (Wildman–Crippen LogP) is 3.78. The van der Waals surface area contributed by atoms with Gasteiger partial charge >= 0.3 is 0 Å². The van der Waals surface area contributed by atoms with Crippen LogP contribution in [0.25, 0.3) is 11.2 Å². The first kappa shape index (κ1) is 17.6. The number of aromatic nitrogens is 3. The highest BCUT2D eigenvalue weighted by Gasteiger charge is 2.08. The smallest absolute Gasteiger partial charge is 0.182 e. The highest BCUT2D eigenvalue weighted by Crippen LogP contribution is 2.27. The Kier molecular flexibility index (Phi) is 5.28. The van der Waals surface area contributed by atoms with Crippen LogP contribution in [0.3, 0.4) is 0 Å². The Balaban J connectivity index is 1.88. The van der Waals surface area contributed by atoms with E-state index in [9.17, 15) is 4.91 Å². The molecule has 3 aromatic rings. The highest BCUT2D eigenvalue weighted by atomic mass is 32.1. The Labute approximate surface area is 155 Å². The maximum absolute atomic E-state index is 10.8. The van der Waals surface area contributed by atoms with E-state index in [1.54, 1.807) is 24.4 Å². The molecule has 2 aromatic heterocycles. The standard InChI is InChI=1S/C17H17N7OS/c1-3-18-17(26)23-14-8-7-13-16(21-14)22-15(9-19-13)20-11-5-4-6-12(24-25)10(11)2/h4-9H,3H2,1-2H3,(H3,18,20,21,22,23,26). The van der Waals surface area contributed by atoms with Gasteiger partial charge < -0.3 is 16.0 Å². The zero-order valence-corrected chi connectivity index (χ0v) is 15.1. The molecule has 0 unspecified atom stereocenters. The van der Waals surface area contributed by atoms with E-state index in [1.807, 2.05) is 26.0 Å². The summed E-state index contributed by atoms with van der Waals surface area (Å²) in [5.74, 6) is 1.10. The fourth-order valence-corrected chi connectivity index (χ4v) is 2.59. The minimum Gasteiger partial charge on any atom is -0.363 e. The number of nitroso groups, excluding NO2 is 1. The average molecular weight is 367 g/mol. The van der Waals surface area contributed by atoms with Gasteiger partial charge in [0.25, 0.3) is 0 Å². The van der Waals surface area contributed by atoms with Crippen LogP contribution in [0.4, 0.5) is 23.0 Å². The van der Waals surface area contributed by atoms with Gasteiger partial charge in [0.15, 0.2) is 16.6 Å². The van der Waals surface area contributed by atoms with Crippen LogP contribution in [0.15, 0.2) is 41.7 Å². The van der Waals surface area contributed by atoms with Crippen LogP contribution in [0.5, 0.6) is 0 Å². The van der Waals surface area contributed by atoms with Crippen LogP contribution in [-0.2, 0) is 0 Å². The van der Waals surface area contributed by atoms with Crippen LogP contribution in [0.1, 0.15) is 12.5 Å². The predicted molar refractivity (Wildman–Crippen MR) is 107 cm³/mol. The van der Waals surface area contributed by atoms with Crippen molar-refractivity contribution in [1.29, 1.82) is 0 Å². The third-order valence-electron chi connectivity index (χ3n) is 3.65. The Hall–Kier alpha value is -3.20. The molecule has 2 heterocycles. The molecule has 0 aliphatic carbocycles. The molecule has 1 aromatic carbocycles. The number of nitrogens with zero attached hydrogens (tertiary/aromatic N) is 4. The molecule has 0 fully saturated rings. The molecular formula is C17H17N7OS. The average Bonchev–Trinajstić information content (AvgIpc) is 2.63. The summed E-state index contributed by atoms with van der Waals surface area (Å²) in [5.41, 5.74) is 2.99. The van der Waals surface area contributed by atoms with Crippen molar-refractivity contribution in [2.24, 2.45) is 5.18 Å². The van der Waals surface area contributed by atoms with E-state index in [1.165, 1.54) is 0 Å². The van der Waals surface area contributed by atoms with Crippen molar-refractivity contribution in [3.05, 3.63) is 47.0 Å². The third kappa shape index (κ3) is 3.89. The van der Waals surface area contributed by atoms with Gasteiger partial charge in [0, 0.05) is 17.8 Å². The molecule has 0 spiro atoms. The van der Waals surface area contributed by atoms with Gasteiger partial charge in [0.1, 0.15) is 17.0 Å². The molecule has 0 bridgehead atoms. The molecule has 0 aliphatic rings. The van der Waals surface area contributed by atoms with E-state index in [4.69, 9.17) is 12.2 Å². The number of hydrogen-bond donors (Lipinski definition) is 3. The molecule has 3 N–H and O–H groups in total.